The molecule has 0 fully saturated rings. The standard InChI is InChI=1S/C13H18N2O2/c1-15(2)7-6-10-8-14-11-4-3-5-12(13(10)11)17-9-16/h3-5,8,14,16H,6-7,9H2,1-2H3. The summed E-state index contributed by atoms with van der Waals surface area (Å²) in [5.41, 5.74) is 2.27. The van der Waals surface area contributed by atoms with Gasteiger partial charge in [-0.05, 0) is 38.2 Å². The van der Waals surface area contributed by atoms with Crippen LogP contribution in [0.15, 0.2) is 24.4 Å². The number of aliphatic hydroxyl groups excluding tert-OH is 1. The topological polar surface area (TPSA) is 48.5 Å². The van der Waals surface area contributed by atoms with Crippen molar-refractivity contribution in [3.05, 3.63) is 30.0 Å². The summed E-state index contributed by atoms with van der Waals surface area (Å²) in [5, 5.41) is 9.96. The van der Waals surface area contributed by atoms with Gasteiger partial charge in [-0.25, -0.2) is 0 Å². The molecular formula is C13H18N2O2. The van der Waals surface area contributed by atoms with E-state index in [2.05, 4.69) is 24.0 Å². The van der Waals surface area contributed by atoms with Crippen molar-refractivity contribution in [2.45, 2.75) is 6.42 Å². The molecule has 2 N–H and O–H groups in total. The average Bonchev–Trinajstić information content (AvgIpc) is 2.71. The van der Waals surface area contributed by atoms with Gasteiger partial charge in [-0.15, -0.1) is 0 Å². The largest absolute Gasteiger partial charge is 0.467 e. The van der Waals surface area contributed by atoms with Gasteiger partial charge < -0.3 is 19.7 Å². The van der Waals surface area contributed by atoms with Gasteiger partial charge in [-0.2, -0.15) is 0 Å². The van der Waals surface area contributed by atoms with E-state index in [1.54, 1.807) is 0 Å². The number of ether oxygens (including phenoxy) is 1. The fraction of sp³-hybridized carbons (Fsp3) is 0.385. The molecule has 0 aliphatic rings. The summed E-state index contributed by atoms with van der Waals surface area (Å²) in [5.74, 6) is 0.736. The van der Waals surface area contributed by atoms with Crippen LogP contribution in [0.5, 0.6) is 5.75 Å². The van der Waals surface area contributed by atoms with Gasteiger partial charge in [0.15, 0.2) is 6.79 Å². The van der Waals surface area contributed by atoms with Crippen LogP contribution in [0.3, 0.4) is 0 Å². The second kappa shape index (κ2) is 5.21. The third-order valence-corrected chi connectivity index (χ3v) is 2.80. The molecule has 0 aliphatic heterocycles. The molecule has 1 aromatic heterocycles. The molecule has 4 heteroatoms. The van der Waals surface area contributed by atoms with Crippen molar-refractivity contribution in [3.8, 4) is 5.75 Å². The van der Waals surface area contributed by atoms with Gasteiger partial charge in [0.05, 0.1) is 0 Å². The quantitative estimate of drug-likeness (QED) is 0.773. The minimum atomic E-state index is -0.294. The molecule has 2 rings (SSSR count). The average molecular weight is 234 g/mol. The highest BCUT2D eigenvalue weighted by Crippen LogP contribution is 2.29. The van der Waals surface area contributed by atoms with Crippen LogP contribution in [0.4, 0.5) is 0 Å². The Balaban J connectivity index is 2.35. The molecule has 0 saturated heterocycles. The fourth-order valence-corrected chi connectivity index (χ4v) is 1.95. The lowest BCUT2D eigenvalue weighted by Crippen LogP contribution is -2.14. The molecule has 4 nitrogen and oxygen atoms in total. The van der Waals surface area contributed by atoms with E-state index in [1.807, 2.05) is 24.4 Å². The fourth-order valence-electron chi connectivity index (χ4n) is 1.95. The minimum absolute atomic E-state index is 0.294. The monoisotopic (exact) mass is 234 g/mol. The molecule has 0 spiro atoms. The lowest BCUT2D eigenvalue weighted by molar-refractivity contribution is 0.1000. The maximum atomic E-state index is 8.89. The highest BCUT2D eigenvalue weighted by atomic mass is 16.6. The first-order valence-electron chi connectivity index (χ1n) is 5.69. The van der Waals surface area contributed by atoms with Crippen LogP contribution < -0.4 is 4.74 Å². The summed E-state index contributed by atoms with van der Waals surface area (Å²) in [6, 6.07) is 5.81. The van der Waals surface area contributed by atoms with Gasteiger partial charge in [0, 0.05) is 23.6 Å². The summed E-state index contributed by atoms with van der Waals surface area (Å²) in [4.78, 5) is 5.38. The van der Waals surface area contributed by atoms with E-state index in [0.717, 1.165) is 29.6 Å². The van der Waals surface area contributed by atoms with Crippen molar-refractivity contribution in [1.82, 2.24) is 9.88 Å². The summed E-state index contributed by atoms with van der Waals surface area (Å²) in [7, 11) is 4.11. The van der Waals surface area contributed by atoms with E-state index in [4.69, 9.17) is 9.84 Å². The third-order valence-electron chi connectivity index (χ3n) is 2.80. The Morgan fingerprint density at radius 3 is 2.88 bits per heavy atom. The molecule has 0 amide bonds. The van der Waals surface area contributed by atoms with Crippen LogP contribution in [0.1, 0.15) is 5.56 Å². The molecule has 2 aromatic rings. The lowest BCUT2D eigenvalue weighted by atomic mass is 10.1. The van der Waals surface area contributed by atoms with Gasteiger partial charge >= 0.3 is 0 Å². The number of H-pyrrole nitrogens is 1. The number of aromatic nitrogens is 1. The Bertz CT molecular complexity index is 491. The second-order valence-electron chi connectivity index (χ2n) is 4.32. The Labute approximate surface area is 101 Å². The second-order valence-corrected chi connectivity index (χ2v) is 4.32. The lowest BCUT2D eigenvalue weighted by Gasteiger charge is -2.10. The third kappa shape index (κ3) is 2.60. The van der Waals surface area contributed by atoms with Crippen molar-refractivity contribution < 1.29 is 9.84 Å². The normalized spacial score (nSPS) is 11.3. The van der Waals surface area contributed by atoms with Crippen LogP contribution >= 0.6 is 0 Å². The first-order chi connectivity index (χ1) is 8.22. The van der Waals surface area contributed by atoms with Gasteiger partial charge in [0.1, 0.15) is 5.75 Å². The van der Waals surface area contributed by atoms with E-state index in [0.29, 0.717) is 0 Å². The SMILES string of the molecule is CN(C)CCc1c[nH]c2cccc(OCO)c12. The highest BCUT2D eigenvalue weighted by molar-refractivity contribution is 5.89. The smallest absolute Gasteiger partial charge is 0.186 e. The summed E-state index contributed by atoms with van der Waals surface area (Å²) >= 11 is 0. The minimum Gasteiger partial charge on any atom is -0.467 e. The highest BCUT2D eigenvalue weighted by Gasteiger charge is 2.09. The van der Waals surface area contributed by atoms with E-state index >= 15 is 0 Å². The molecule has 0 saturated carbocycles. The van der Waals surface area contributed by atoms with E-state index in [9.17, 15) is 0 Å². The Morgan fingerprint density at radius 2 is 2.18 bits per heavy atom. The Morgan fingerprint density at radius 1 is 1.35 bits per heavy atom. The number of benzene rings is 1. The molecule has 17 heavy (non-hydrogen) atoms. The van der Waals surface area contributed by atoms with Gasteiger partial charge in [0.2, 0.25) is 0 Å². The zero-order chi connectivity index (χ0) is 12.3. The van der Waals surface area contributed by atoms with E-state index in [1.165, 1.54) is 5.56 Å². The number of nitrogens with one attached hydrogen (secondary N) is 1. The molecule has 1 heterocycles. The van der Waals surface area contributed by atoms with Crippen LogP contribution in [0.2, 0.25) is 0 Å². The number of rotatable bonds is 5. The Hall–Kier alpha value is -1.52. The number of hydrogen-bond donors (Lipinski definition) is 2. The number of nitrogens with zero attached hydrogens (tertiary/aromatic N) is 1. The van der Waals surface area contributed by atoms with Crippen LogP contribution in [0, 0.1) is 0 Å². The predicted octanol–water partition coefficient (Wildman–Crippen LogP) is 1.60. The zero-order valence-corrected chi connectivity index (χ0v) is 10.2. The number of hydrogen-bond acceptors (Lipinski definition) is 3. The van der Waals surface area contributed by atoms with Crippen molar-refractivity contribution in [1.29, 1.82) is 0 Å². The van der Waals surface area contributed by atoms with E-state index < -0.39 is 0 Å². The van der Waals surface area contributed by atoms with Crippen LogP contribution in [-0.4, -0.2) is 42.4 Å². The molecule has 0 unspecified atom stereocenters. The van der Waals surface area contributed by atoms with Crippen molar-refractivity contribution in [2.75, 3.05) is 27.4 Å². The van der Waals surface area contributed by atoms with Crippen molar-refractivity contribution in [3.63, 3.8) is 0 Å². The molecule has 92 valence electrons. The van der Waals surface area contributed by atoms with Crippen molar-refractivity contribution in [2.24, 2.45) is 0 Å². The maximum absolute atomic E-state index is 8.89. The zero-order valence-electron chi connectivity index (χ0n) is 10.2. The van der Waals surface area contributed by atoms with Crippen LogP contribution in [-0.2, 0) is 6.42 Å². The number of fused-ring (bicyclic) bond motifs is 1. The number of aromatic amines is 1. The molecule has 0 bridgehead atoms. The van der Waals surface area contributed by atoms with Gasteiger partial charge in [-0.3, -0.25) is 0 Å². The summed E-state index contributed by atoms with van der Waals surface area (Å²) in [6.07, 6.45) is 2.97. The Kier molecular flexibility index (Phi) is 3.66. The summed E-state index contributed by atoms with van der Waals surface area (Å²) in [6.45, 7) is 0.692. The first kappa shape index (κ1) is 12.0. The molecule has 0 atom stereocenters. The number of likely N-dealkylation sites (N-methyl/N-ethyl adjacent to an activating group) is 1. The molecule has 0 aliphatic carbocycles. The summed E-state index contributed by atoms with van der Waals surface area (Å²) < 4.78 is 5.25. The molecular weight excluding hydrogens is 216 g/mol. The molecule has 0 radical (unpaired) electrons. The maximum Gasteiger partial charge on any atom is 0.186 e. The first-order valence-corrected chi connectivity index (χ1v) is 5.69. The van der Waals surface area contributed by atoms with E-state index in [-0.39, 0.29) is 6.79 Å². The predicted molar refractivity (Wildman–Crippen MR) is 68.3 cm³/mol. The van der Waals surface area contributed by atoms with Crippen LogP contribution in [0.25, 0.3) is 10.9 Å². The van der Waals surface area contributed by atoms with Crippen molar-refractivity contribution >= 4 is 10.9 Å². The van der Waals surface area contributed by atoms with Gasteiger partial charge in [0.25, 0.3) is 0 Å². The number of aliphatic hydroxyl groups is 1. The molecule has 1 aromatic carbocycles. The van der Waals surface area contributed by atoms with Gasteiger partial charge in [-0.1, -0.05) is 6.07 Å².